The molecule has 1 aromatic heterocycles. The second-order valence-electron chi connectivity index (χ2n) is 3.58. The van der Waals surface area contributed by atoms with Gasteiger partial charge in [0.05, 0.1) is 8.22 Å². The lowest BCUT2D eigenvalue weighted by atomic mass is 10.1. The average molecular weight is 299 g/mol. The number of carboxylic acid groups (broad SMARTS) is 1. The first-order valence-electron chi connectivity index (χ1n) is 9.56. The van der Waals surface area contributed by atoms with Gasteiger partial charge < -0.3 is 15.5 Å². The zero-order valence-electron chi connectivity index (χ0n) is 19.1. The van der Waals surface area contributed by atoms with Crippen LogP contribution in [0.4, 0.5) is 4.39 Å². The molecule has 1 aromatic carbocycles. The van der Waals surface area contributed by atoms with Crippen molar-refractivity contribution < 1.29 is 33.8 Å². The van der Waals surface area contributed by atoms with Crippen molar-refractivity contribution >= 4 is 11.9 Å². The number of rotatable bonds is 5. The van der Waals surface area contributed by atoms with E-state index in [2.05, 4.69) is 15.2 Å². The number of carbonyl (C=O) groups excluding carboxylic acids is 1. The Balaban J connectivity index is 2.59. The third-order valence-corrected chi connectivity index (χ3v) is 2.19. The van der Waals surface area contributed by atoms with Gasteiger partial charge in [-0.2, -0.15) is 0 Å². The molecular weight excluding hydrogens is 279 g/mol. The summed E-state index contributed by atoms with van der Waals surface area (Å²) < 4.78 is 80.4. The molecule has 21 heavy (non-hydrogen) atoms. The van der Waals surface area contributed by atoms with Crippen LogP contribution in [0, 0.1) is 5.82 Å². The number of aliphatic carboxylic acids is 1. The molecule has 0 radical (unpaired) electrons. The molecule has 0 unspecified atom stereocenters. The minimum Gasteiger partial charge on any atom is -0.505 e. The van der Waals surface area contributed by atoms with Crippen LogP contribution in [-0.2, 0) is 4.79 Å². The summed E-state index contributed by atoms with van der Waals surface area (Å²) >= 11 is 0. The summed E-state index contributed by atoms with van der Waals surface area (Å²) in [6.45, 7) is -3.38. The van der Waals surface area contributed by atoms with Crippen molar-refractivity contribution in [1.82, 2.24) is 10.3 Å². The zero-order chi connectivity index (χ0) is 23.0. The van der Waals surface area contributed by atoms with Crippen LogP contribution in [-0.4, -0.2) is 35.0 Å². The van der Waals surface area contributed by atoms with Gasteiger partial charge in [0.25, 0.3) is 8.77 Å². The highest BCUT2D eigenvalue weighted by Crippen LogP contribution is 2.25. The maximum absolute atomic E-state index is 14.0. The van der Waals surface area contributed by atoms with Crippen LogP contribution >= 0.6 is 0 Å². The number of halogens is 1. The monoisotopic (exact) mass is 299 g/mol. The van der Waals surface area contributed by atoms with E-state index in [0.29, 0.717) is 0 Å². The second-order valence-corrected chi connectivity index (χ2v) is 3.58. The number of carboxylic acids is 1. The van der Waals surface area contributed by atoms with Crippen molar-refractivity contribution in [3.05, 3.63) is 47.9 Å². The predicted molar refractivity (Wildman–Crippen MR) is 71.3 cm³/mol. The Morgan fingerprint density at radius 1 is 1.52 bits per heavy atom. The summed E-state index contributed by atoms with van der Waals surface area (Å²) in [7, 11) is 0. The Hall–Kier alpha value is -2.96. The Morgan fingerprint density at radius 2 is 2.38 bits per heavy atom. The summed E-state index contributed by atoms with van der Waals surface area (Å²) in [5, 5.41) is 7.17. The van der Waals surface area contributed by atoms with Gasteiger partial charge in [0.2, 0.25) is 0 Å². The van der Waals surface area contributed by atoms with Crippen LogP contribution in [0.25, 0.3) is 12.6 Å². The molecule has 0 spiro atoms. The van der Waals surface area contributed by atoms with E-state index in [0.717, 1.165) is 12.3 Å². The van der Waals surface area contributed by atoms with E-state index in [1.807, 2.05) is 0 Å². The largest absolute Gasteiger partial charge is 0.505 e. The molecule has 0 aliphatic heterocycles. The molecular formula is C14H11FN2O4. The highest BCUT2D eigenvalue weighted by Gasteiger charge is 2.14. The number of nitrogens with zero attached hydrogens (tertiary/aromatic N) is 1. The molecule has 0 saturated heterocycles. The van der Waals surface area contributed by atoms with Crippen molar-refractivity contribution in [2.45, 2.75) is 0 Å². The van der Waals surface area contributed by atoms with Crippen LogP contribution in [0.1, 0.15) is 18.7 Å². The first kappa shape index (κ1) is 6.66. The lowest BCUT2D eigenvalue weighted by Gasteiger charge is -2.07. The lowest BCUT2D eigenvalue weighted by molar-refractivity contribution is -0.135. The van der Waals surface area contributed by atoms with Gasteiger partial charge in [-0.1, -0.05) is 12.1 Å². The van der Waals surface area contributed by atoms with Gasteiger partial charge in [-0.15, -0.1) is 0 Å². The van der Waals surface area contributed by atoms with E-state index >= 15 is 0 Å². The zero-order valence-corrected chi connectivity index (χ0v) is 10.1. The van der Waals surface area contributed by atoms with Crippen LogP contribution in [0.5, 0.6) is 5.75 Å². The van der Waals surface area contributed by atoms with Crippen molar-refractivity contribution in [3.8, 4) is 16.9 Å². The summed E-state index contributed by atoms with van der Waals surface area (Å²) in [6, 6.07) is -2.52. The summed E-state index contributed by atoms with van der Waals surface area (Å²) in [5.74, 6) is -5.52. The van der Waals surface area contributed by atoms with Crippen LogP contribution in [0.3, 0.4) is 0 Å². The second kappa shape index (κ2) is 6.00. The highest BCUT2D eigenvalue weighted by molar-refractivity contribution is 5.96. The molecule has 0 aliphatic carbocycles. The van der Waals surface area contributed by atoms with Gasteiger partial charge in [-0.3, -0.25) is 9.59 Å². The average Bonchev–Trinajstić information content (AvgIpc) is 2.74. The van der Waals surface area contributed by atoms with E-state index in [1.165, 1.54) is 0 Å². The van der Waals surface area contributed by atoms with Gasteiger partial charge in [-0.25, -0.2) is 9.37 Å². The number of amides is 1. The number of aromatic nitrogens is 1. The molecule has 0 fully saturated rings. The maximum atomic E-state index is 14.0. The van der Waals surface area contributed by atoms with E-state index < -0.39 is 70.7 Å². The molecule has 0 aliphatic rings. The first-order valence-corrected chi connectivity index (χ1v) is 5.30. The summed E-state index contributed by atoms with van der Waals surface area (Å²) in [6.07, 6.45) is 0.815. The number of carbonyl (C=O) groups is 2. The molecule has 108 valence electrons. The molecule has 2 rings (SSSR count). The smallest absolute Gasteiger partial charge is 0.322 e. The lowest BCUT2D eigenvalue weighted by Crippen LogP contribution is -2.29. The topological polar surface area (TPSA) is 99.5 Å². The van der Waals surface area contributed by atoms with Crippen LogP contribution < -0.4 is 5.31 Å². The highest BCUT2D eigenvalue weighted by atomic mass is 19.1. The van der Waals surface area contributed by atoms with E-state index in [4.69, 9.17) is 12.5 Å². The fourth-order valence-corrected chi connectivity index (χ4v) is 1.36. The van der Waals surface area contributed by atoms with E-state index in [1.54, 1.807) is 0 Å². The first-order chi connectivity index (χ1) is 13.9. The minimum atomic E-state index is -3.38. The molecule has 2 aromatic rings. The molecule has 1 amide bonds. The molecule has 3 N–H and O–H groups in total. The summed E-state index contributed by atoms with van der Waals surface area (Å²) in [5.41, 5.74) is -1.54. The van der Waals surface area contributed by atoms with Gasteiger partial charge in [0.15, 0.2) is 7.11 Å². The third kappa shape index (κ3) is 3.53. The van der Waals surface area contributed by atoms with Gasteiger partial charge in [0.1, 0.15) is 18.1 Å². The minimum absolute atomic E-state index is 0.235. The van der Waals surface area contributed by atoms with Gasteiger partial charge in [-0.05, 0) is 23.7 Å². The van der Waals surface area contributed by atoms with Crippen LogP contribution in [0.15, 0.2) is 36.4 Å². The number of aromatic hydroxyl groups is 1. The van der Waals surface area contributed by atoms with Gasteiger partial charge in [0, 0.05) is 11.8 Å². The van der Waals surface area contributed by atoms with Crippen molar-refractivity contribution in [2.75, 3.05) is 6.50 Å². The number of hydrogen-bond donors (Lipinski definition) is 3. The quantitative estimate of drug-likeness (QED) is 0.775. The van der Waals surface area contributed by atoms with E-state index in [-0.39, 0.29) is 5.56 Å². The van der Waals surface area contributed by atoms with Crippen molar-refractivity contribution in [1.29, 1.82) is 2.86 Å². The fraction of sp³-hybridized carbons (Fsp3) is 0.0714. The van der Waals surface area contributed by atoms with Gasteiger partial charge >= 0.3 is 5.97 Å². The molecule has 0 bridgehead atoms. The van der Waals surface area contributed by atoms with Crippen molar-refractivity contribution in [3.63, 3.8) is 0 Å². The van der Waals surface area contributed by atoms with Crippen LogP contribution in [0.2, 0.25) is 1.41 Å². The Morgan fingerprint density at radius 3 is 3.14 bits per heavy atom. The normalized spacial score (nSPS) is 16.5. The third-order valence-electron chi connectivity index (χ3n) is 2.19. The number of hydrogen-bond acceptors (Lipinski definition) is 5. The summed E-state index contributed by atoms with van der Waals surface area (Å²) in [4.78, 5) is 27.2. The SMILES string of the molecule is [2H]OC(=O)C([2H])([2H])N([2H])C(=O)c1ncc(-c2c([2H])c([2H])c([2H])c(F)c2[2H])cc1O[2H]. The Bertz CT molecular complexity index is 1010. The number of nitrogens with one attached hydrogen (secondary N) is 1. The maximum Gasteiger partial charge on any atom is 0.322 e. The fourth-order valence-electron chi connectivity index (χ4n) is 1.36. The number of pyridine rings is 1. The van der Waals surface area contributed by atoms with E-state index in [9.17, 15) is 14.0 Å². The molecule has 0 saturated carbocycles. The predicted octanol–water partition coefficient (Wildman–Crippen LogP) is 1.41. The Kier molecular flexibility index (Phi) is 1.90. The standard InChI is InChI=1S/C14H11FN2O4/c15-10-3-1-2-8(4-10)9-5-11(18)13(16-6-9)14(21)17-7-12(19)20/h1-6,18H,7H2,(H,17,21)(H,19,20)/i1D,2D,3D,4D,7D2/hD3. The Labute approximate surface area is 131 Å². The van der Waals surface area contributed by atoms with Crippen molar-refractivity contribution in [2.24, 2.45) is 0 Å². The molecule has 6 nitrogen and oxygen atoms in total. The molecule has 0 atom stereocenters. The number of benzene rings is 1. The molecule has 1 heterocycles. The molecule has 7 heteroatoms.